The molecule has 2 aromatic heterocycles. The summed E-state index contributed by atoms with van der Waals surface area (Å²) in [6.07, 6.45) is 4.90. The standard InChI is InChI=1S/C18H21N3O5/c1-19-5-2-3-15(19)17(23)20-6-8-25-13-18(11-20)12-21(16(22)10-26-18)14-4-7-24-9-14/h2-5,7,9H,6,8,10-13H2,1H3. The monoisotopic (exact) mass is 359 g/mol. The van der Waals surface area contributed by atoms with Crippen LogP contribution in [0.3, 0.4) is 0 Å². The van der Waals surface area contributed by atoms with Crippen molar-refractivity contribution in [1.82, 2.24) is 9.47 Å². The number of rotatable bonds is 2. The lowest BCUT2D eigenvalue weighted by atomic mass is 10.0. The molecule has 8 heteroatoms. The third-order valence-corrected chi connectivity index (χ3v) is 4.87. The summed E-state index contributed by atoms with van der Waals surface area (Å²) in [5.74, 6) is -0.209. The van der Waals surface area contributed by atoms with Crippen molar-refractivity contribution in [2.45, 2.75) is 5.60 Å². The van der Waals surface area contributed by atoms with E-state index >= 15 is 0 Å². The van der Waals surface area contributed by atoms with Crippen LogP contribution in [0.5, 0.6) is 0 Å². The highest BCUT2D eigenvalue weighted by molar-refractivity contribution is 5.95. The fourth-order valence-corrected chi connectivity index (χ4v) is 3.47. The van der Waals surface area contributed by atoms with E-state index in [0.29, 0.717) is 44.2 Å². The molecule has 1 unspecified atom stereocenters. The van der Waals surface area contributed by atoms with Crippen molar-refractivity contribution in [3.8, 4) is 0 Å². The number of morpholine rings is 1. The number of hydrogen-bond acceptors (Lipinski definition) is 5. The summed E-state index contributed by atoms with van der Waals surface area (Å²) in [6, 6.07) is 5.37. The maximum Gasteiger partial charge on any atom is 0.270 e. The van der Waals surface area contributed by atoms with E-state index in [9.17, 15) is 9.59 Å². The smallest absolute Gasteiger partial charge is 0.270 e. The van der Waals surface area contributed by atoms with Crippen LogP contribution in [0.15, 0.2) is 41.3 Å². The highest BCUT2D eigenvalue weighted by Crippen LogP contribution is 2.28. The van der Waals surface area contributed by atoms with Gasteiger partial charge in [0, 0.05) is 25.9 Å². The average molecular weight is 359 g/mol. The topological polar surface area (TPSA) is 77.2 Å². The third kappa shape index (κ3) is 3.02. The van der Waals surface area contributed by atoms with Crippen LogP contribution in [0.1, 0.15) is 10.5 Å². The molecule has 2 fully saturated rings. The Labute approximate surface area is 150 Å². The van der Waals surface area contributed by atoms with Gasteiger partial charge in [0.1, 0.15) is 24.2 Å². The summed E-state index contributed by atoms with van der Waals surface area (Å²) >= 11 is 0. The molecule has 2 aliphatic heterocycles. The van der Waals surface area contributed by atoms with Crippen molar-refractivity contribution in [2.75, 3.05) is 44.4 Å². The number of amides is 2. The summed E-state index contributed by atoms with van der Waals surface area (Å²) < 4.78 is 18.5. The maximum atomic E-state index is 12.9. The third-order valence-electron chi connectivity index (χ3n) is 4.87. The van der Waals surface area contributed by atoms with E-state index in [4.69, 9.17) is 13.9 Å². The Morgan fingerprint density at radius 3 is 2.88 bits per heavy atom. The maximum absolute atomic E-state index is 12.9. The Morgan fingerprint density at radius 2 is 2.15 bits per heavy atom. The predicted molar refractivity (Wildman–Crippen MR) is 91.9 cm³/mol. The first-order chi connectivity index (χ1) is 12.6. The van der Waals surface area contributed by atoms with E-state index in [1.165, 1.54) is 12.5 Å². The molecule has 4 heterocycles. The van der Waals surface area contributed by atoms with Gasteiger partial charge in [0.05, 0.1) is 38.3 Å². The molecule has 1 spiro atoms. The van der Waals surface area contributed by atoms with Gasteiger partial charge in [-0.15, -0.1) is 0 Å². The van der Waals surface area contributed by atoms with Gasteiger partial charge in [0.15, 0.2) is 0 Å². The number of anilines is 1. The van der Waals surface area contributed by atoms with Gasteiger partial charge in [-0.1, -0.05) is 0 Å². The lowest BCUT2D eigenvalue weighted by Gasteiger charge is -2.42. The summed E-state index contributed by atoms with van der Waals surface area (Å²) in [6.45, 7) is 1.85. The van der Waals surface area contributed by atoms with Gasteiger partial charge in [-0.3, -0.25) is 9.59 Å². The molecular weight excluding hydrogens is 338 g/mol. The fourth-order valence-electron chi connectivity index (χ4n) is 3.47. The van der Waals surface area contributed by atoms with E-state index in [2.05, 4.69) is 0 Å². The number of aromatic nitrogens is 1. The van der Waals surface area contributed by atoms with Crippen molar-refractivity contribution in [3.05, 3.63) is 42.6 Å². The Kier molecular flexibility index (Phi) is 4.29. The van der Waals surface area contributed by atoms with Crippen molar-refractivity contribution in [1.29, 1.82) is 0 Å². The van der Waals surface area contributed by atoms with Crippen LogP contribution in [0.2, 0.25) is 0 Å². The molecule has 2 aromatic rings. The highest BCUT2D eigenvalue weighted by atomic mass is 16.6. The summed E-state index contributed by atoms with van der Waals surface area (Å²) in [4.78, 5) is 28.6. The van der Waals surface area contributed by atoms with Crippen molar-refractivity contribution in [3.63, 3.8) is 0 Å². The SMILES string of the molecule is Cn1cccc1C(=O)N1CCOCC2(C1)CN(c1ccoc1)C(=O)CO2. The zero-order valence-electron chi connectivity index (χ0n) is 14.6. The number of aryl methyl sites for hydroxylation is 1. The molecule has 0 aliphatic carbocycles. The second-order valence-electron chi connectivity index (χ2n) is 6.72. The second kappa shape index (κ2) is 6.62. The summed E-state index contributed by atoms with van der Waals surface area (Å²) in [7, 11) is 1.84. The van der Waals surface area contributed by atoms with Crippen molar-refractivity contribution >= 4 is 17.5 Å². The van der Waals surface area contributed by atoms with Gasteiger partial charge in [-0.25, -0.2) is 0 Å². The normalized spacial score (nSPS) is 24.1. The predicted octanol–water partition coefficient (Wildman–Crippen LogP) is 0.893. The minimum Gasteiger partial charge on any atom is -0.470 e. The molecule has 0 radical (unpaired) electrons. The largest absolute Gasteiger partial charge is 0.470 e. The summed E-state index contributed by atoms with van der Waals surface area (Å²) in [5, 5.41) is 0. The van der Waals surface area contributed by atoms with Crippen LogP contribution in [0.4, 0.5) is 5.69 Å². The van der Waals surface area contributed by atoms with Gasteiger partial charge in [-0.05, 0) is 12.1 Å². The Balaban J connectivity index is 1.58. The molecule has 0 aromatic carbocycles. The van der Waals surface area contributed by atoms with Crippen LogP contribution >= 0.6 is 0 Å². The van der Waals surface area contributed by atoms with E-state index in [-0.39, 0.29) is 18.4 Å². The summed E-state index contributed by atoms with van der Waals surface area (Å²) in [5.41, 5.74) is 0.533. The fraction of sp³-hybridized carbons (Fsp3) is 0.444. The molecule has 0 bridgehead atoms. The number of ether oxygens (including phenoxy) is 2. The van der Waals surface area contributed by atoms with E-state index < -0.39 is 5.60 Å². The number of carbonyl (C=O) groups excluding carboxylic acids is 2. The van der Waals surface area contributed by atoms with Crippen LogP contribution in [-0.2, 0) is 21.3 Å². The van der Waals surface area contributed by atoms with Gasteiger partial charge in [0.2, 0.25) is 0 Å². The van der Waals surface area contributed by atoms with E-state index in [0.717, 1.165) is 0 Å². The van der Waals surface area contributed by atoms with Gasteiger partial charge in [0.25, 0.3) is 11.8 Å². The van der Waals surface area contributed by atoms with E-state index in [1.54, 1.807) is 26.5 Å². The zero-order chi connectivity index (χ0) is 18.1. The molecule has 8 nitrogen and oxygen atoms in total. The molecule has 26 heavy (non-hydrogen) atoms. The second-order valence-corrected chi connectivity index (χ2v) is 6.72. The molecule has 2 amide bonds. The minimum atomic E-state index is -0.761. The molecule has 0 saturated carbocycles. The lowest BCUT2D eigenvalue weighted by molar-refractivity contribution is -0.145. The molecule has 1 atom stereocenters. The molecule has 2 saturated heterocycles. The highest BCUT2D eigenvalue weighted by Gasteiger charge is 2.44. The first-order valence-corrected chi connectivity index (χ1v) is 8.53. The molecule has 0 N–H and O–H groups in total. The van der Waals surface area contributed by atoms with Crippen LogP contribution in [0, 0.1) is 0 Å². The van der Waals surface area contributed by atoms with Crippen molar-refractivity contribution < 1.29 is 23.5 Å². The van der Waals surface area contributed by atoms with Gasteiger partial charge >= 0.3 is 0 Å². The molecular formula is C18H21N3O5. The van der Waals surface area contributed by atoms with Crippen LogP contribution in [-0.4, -0.2) is 66.3 Å². The Morgan fingerprint density at radius 1 is 1.27 bits per heavy atom. The number of carbonyl (C=O) groups is 2. The number of hydrogen-bond donors (Lipinski definition) is 0. The molecule has 2 aliphatic rings. The molecule has 4 rings (SSSR count). The molecule has 138 valence electrons. The van der Waals surface area contributed by atoms with Gasteiger partial charge < -0.3 is 28.3 Å². The Hall–Kier alpha value is -2.58. The van der Waals surface area contributed by atoms with Crippen molar-refractivity contribution in [2.24, 2.45) is 7.05 Å². The quantitative estimate of drug-likeness (QED) is 0.796. The lowest BCUT2D eigenvalue weighted by Crippen LogP contribution is -2.61. The van der Waals surface area contributed by atoms with Crippen LogP contribution in [0.25, 0.3) is 0 Å². The minimum absolute atomic E-state index is 0.0548. The zero-order valence-corrected chi connectivity index (χ0v) is 14.6. The van der Waals surface area contributed by atoms with Gasteiger partial charge in [-0.2, -0.15) is 0 Å². The number of furan rings is 1. The first kappa shape index (κ1) is 16.9. The Bertz CT molecular complexity index is 800. The first-order valence-electron chi connectivity index (χ1n) is 8.53. The van der Waals surface area contributed by atoms with E-state index in [1.807, 2.05) is 19.3 Å². The average Bonchev–Trinajstić information content (AvgIpc) is 3.27. The van der Waals surface area contributed by atoms with Crippen LogP contribution < -0.4 is 4.90 Å². The number of nitrogens with zero attached hydrogens (tertiary/aromatic N) is 3.